The van der Waals surface area contributed by atoms with Crippen LogP contribution in [0.1, 0.15) is 5.56 Å². The summed E-state index contributed by atoms with van der Waals surface area (Å²) in [6, 6.07) is 11.9. The Morgan fingerprint density at radius 1 is 1.12 bits per heavy atom. The number of phenolic OH excluding ortho intramolecular Hbond substituents is 1. The number of aromatic hydroxyl groups is 1. The molecule has 1 nitrogen and oxygen atoms in total. The molecule has 0 fully saturated rings. The molecule has 0 aromatic heterocycles. The molecule has 2 rings (SSSR count). The number of halogens is 3. The second-order valence-electron chi connectivity index (χ2n) is 3.52. The van der Waals surface area contributed by atoms with Gasteiger partial charge in [0.25, 0.3) is 0 Å². The number of phenols is 1. The third kappa shape index (κ3) is 2.41. The smallest absolute Gasteiger partial charge is 0.416 e. The molecule has 0 saturated carbocycles. The van der Waals surface area contributed by atoms with E-state index in [1.807, 2.05) is 0 Å². The van der Waals surface area contributed by atoms with Crippen molar-refractivity contribution in [2.45, 2.75) is 6.18 Å². The van der Waals surface area contributed by atoms with E-state index in [1.54, 1.807) is 0 Å². The summed E-state index contributed by atoms with van der Waals surface area (Å²) in [5.74, 6) is -0.0909. The second-order valence-corrected chi connectivity index (χ2v) is 3.52. The lowest BCUT2D eigenvalue weighted by Gasteiger charge is -2.09. The fourth-order valence-electron chi connectivity index (χ4n) is 1.53. The van der Waals surface area contributed by atoms with Crippen LogP contribution in [0.25, 0.3) is 11.1 Å². The molecule has 0 bridgehead atoms. The predicted octanol–water partition coefficient (Wildman–Crippen LogP) is 3.88. The van der Waals surface area contributed by atoms with E-state index in [9.17, 15) is 18.3 Å². The first kappa shape index (κ1) is 11.5. The van der Waals surface area contributed by atoms with E-state index in [4.69, 9.17) is 0 Å². The van der Waals surface area contributed by atoms with Gasteiger partial charge in [0.2, 0.25) is 0 Å². The fraction of sp³-hybridized carbons (Fsp3) is 0.0769. The molecule has 0 unspecified atom stereocenters. The Labute approximate surface area is 96.1 Å². The van der Waals surface area contributed by atoms with Crippen LogP contribution in [-0.2, 0) is 6.18 Å². The quantitative estimate of drug-likeness (QED) is 0.798. The van der Waals surface area contributed by atoms with Crippen molar-refractivity contribution >= 4 is 0 Å². The Morgan fingerprint density at radius 2 is 1.88 bits per heavy atom. The van der Waals surface area contributed by atoms with Gasteiger partial charge in [-0.1, -0.05) is 24.3 Å². The van der Waals surface area contributed by atoms with E-state index in [0.29, 0.717) is 11.1 Å². The summed E-state index contributed by atoms with van der Waals surface area (Å²) in [7, 11) is 0. The molecule has 0 heterocycles. The number of benzene rings is 2. The number of hydrogen-bond donors (Lipinski definition) is 1. The standard InChI is InChI=1S/C13H8F3O/c14-13(15,16)10-5-3-4-9(8-10)11-6-1-2-7-12(11)17/h1,3-8,17H. The number of hydrogen-bond acceptors (Lipinski definition) is 1. The van der Waals surface area contributed by atoms with Crippen LogP contribution in [0.15, 0.2) is 42.5 Å². The molecule has 0 aliphatic rings. The lowest BCUT2D eigenvalue weighted by molar-refractivity contribution is -0.137. The fourth-order valence-corrected chi connectivity index (χ4v) is 1.53. The normalized spacial score (nSPS) is 11.5. The minimum absolute atomic E-state index is 0.0909. The Kier molecular flexibility index (Phi) is 2.79. The molecule has 0 aliphatic carbocycles. The van der Waals surface area contributed by atoms with Crippen molar-refractivity contribution in [3.8, 4) is 16.9 Å². The van der Waals surface area contributed by atoms with Crippen LogP contribution < -0.4 is 0 Å². The summed E-state index contributed by atoms with van der Waals surface area (Å²) in [6.07, 6.45) is -4.38. The summed E-state index contributed by atoms with van der Waals surface area (Å²) in [6.45, 7) is 0. The van der Waals surface area contributed by atoms with Crippen LogP contribution in [-0.4, -0.2) is 5.11 Å². The first-order valence-electron chi connectivity index (χ1n) is 4.85. The SMILES string of the molecule is Oc1c[c]ccc1-c1cccc(C(F)(F)F)c1. The first-order valence-corrected chi connectivity index (χ1v) is 4.85. The number of alkyl halides is 3. The molecule has 0 saturated heterocycles. The van der Waals surface area contributed by atoms with Gasteiger partial charge in [0.15, 0.2) is 0 Å². The highest BCUT2D eigenvalue weighted by Crippen LogP contribution is 2.34. The summed E-state index contributed by atoms with van der Waals surface area (Å²) in [5, 5.41) is 9.55. The molecule has 1 N–H and O–H groups in total. The summed E-state index contributed by atoms with van der Waals surface area (Å²) in [4.78, 5) is 0. The van der Waals surface area contributed by atoms with Crippen molar-refractivity contribution in [2.75, 3.05) is 0 Å². The Morgan fingerprint density at radius 3 is 2.53 bits per heavy atom. The van der Waals surface area contributed by atoms with Crippen molar-refractivity contribution in [1.29, 1.82) is 0 Å². The minimum Gasteiger partial charge on any atom is -0.507 e. The maximum atomic E-state index is 12.5. The van der Waals surface area contributed by atoms with Crippen molar-refractivity contribution in [3.05, 3.63) is 54.1 Å². The van der Waals surface area contributed by atoms with E-state index >= 15 is 0 Å². The van der Waals surface area contributed by atoms with Crippen LogP contribution >= 0.6 is 0 Å². The molecule has 0 atom stereocenters. The molecule has 0 amide bonds. The maximum absolute atomic E-state index is 12.5. The molecule has 2 aromatic carbocycles. The zero-order chi connectivity index (χ0) is 12.5. The van der Waals surface area contributed by atoms with Gasteiger partial charge < -0.3 is 5.11 Å². The van der Waals surface area contributed by atoms with E-state index in [-0.39, 0.29) is 5.75 Å². The third-order valence-corrected chi connectivity index (χ3v) is 2.34. The van der Waals surface area contributed by atoms with Crippen molar-refractivity contribution in [2.24, 2.45) is 0 Å². The first-order chi connectivity index (χ1) is 7.98. The van der Waals surface area contributed by atoms with Gasteiger partial charge in [-0.2, -0.15) is 13.2 Å². The van der Waals surface area contributed by atoms with E-state index in [0.717, 1.165) is 12.1 Å². The highest BCUT2D eigenvalue weighted by atomic mass is 19.4. The van der Waals surface area contributed by atoms with Gasteiger partial charge >= 0.3 is 6.18 Å². The molecular formula is C13H8F3O. The molecular weight excluding hydrogens is 229 g/mol. The summed E-state index contributed by atoms with van der Waals surface area (Å²) in [5.41, 5.74) is -0.0524. The van der Waals surface area contributed by atoms with E-state index in [2.05, 4.69) is 6.07 Å². The van der Waals surface area contributed by atoms with Crippen LogP contribution in [0.5, 0.6) is 5.75 Å². The van der Waals surface area contributed by atoms with Gasteiger partial charge in [0.1, 0.15) is 5.75 Å². The highest BCUT2D eigenvalue weighted by Gasteiger charge is 2.30. The van der Waals surface area contributed by atoms with Gasteiger partial charge in [-0.15, -0.1) is 0 Å². The average molecular weight is 237 g/mol. The van der Waals surface area contributed by atoms with Crippen LogP contribution in [0.3, 0.4) is 0 Å². The Hall–Kier alpha value is -1.97. The van der Waals surface area contributed by atoms with Crippen molar-refractivity contribution in [3.63, 3.8) is 0 Å². The molecule has 1 radical (unpaired) electrons. The van der Waals surface area contributed by atoms with Crippen molar-refractivity contribution in [1.82, 2.24) is 0 Å². The maximum Gasteiger partial charge on any atom is 0.416 e. The zero-order valence-corrected chi connectivity index (χ0v) is 8.62. The highest BCUT2D eigenvalue weighted by molar-refractivity contribution is 5.70. The molecule has 0 spiro atoms. The molecule has 2 aromatic rings. The van der Waals surface area contributed by atoms with Gasteiger partial charge in [-0.3, -0.25) is 0 Å². The average Bonchev–Trinajstić information content (AvgIpc) is 2.29. The van der Waals surface area contributed by atoms with Gasteiger partial charge in [0.05, 0.1) is 5.56 Å². The predicted molar refractivity (Wildman–Crippen MR) is 57.4 cm³/mol. The zero-order valence-electron chi connectivity index (χ0n) is 8.62. The summed E-state index contributed by atoms with van der Waals surface area (Å²) >= 11 is 0. The largest absolute Gasteiger partial charge is 0.507 e. The Bertz CT molecular complexity index is 532. The second kappa shape index (κ2) is 4.13. The van der Waals surface area contributed by atoms with Gasteiger partial charge in [-0.25, -0.2) is 0 Å². The van der Waals surface area contributed by atoms with Crippen LogP contribution in [0, 0.1) is 6.07 Å². The lowest BCUT2D eigenvalue weighted by Crippen LogP contribution is -2.04. The monoisotopic (exact) mass is 237 g/mol. The number of rotatable bonds is 1. The van der Waals surface area contributed by atoms with Crippen LogP contribution in [0.2, 0.25) is 0 Å². The summed E-state index contributed by atoms with van der Waals surface area (Å²) < 4.78 is 37.5. The molecule has 4 heteroatoms. The topological polar surface area (TPSA) is 20.2 Å². The lowest BCUT2D eigenvalue weighted by atomic mass is 10.0. The van der Waals surface area contributed by atoms with E-state index in [1.165, 1.54) is 30.3 Å². The third-order valence-electron chi connectivity index (χ3n) is 2.34. The molecule has 0 aliphatic heterocycles. The van der Waals surface area contributed by atoms with Gasteiger partial charge in [-0.05, 0) is 29.8 Å². The Balaban J connectivity index is 2.51. The molecule has 17 heavy (non-hydrogen) atoms. The van der Waals surface area contributed by atoms with Gasteiger partial charge in [0, 0.05) is 5.56 Å². The molecule has 87 valence electrons. The van der Waals surface area contributed by atoms with E-state index < -0.39 is 11.7 Å². The minimum atomic E-state index is -4.38. The van der Waals surface area contributed by atoms with Crippen molar-refractivity contribution < 1.29 is 18.3 Å². The van der Waals surface area contributed by atoms with Crippen LogP contribution in [0.4, 0.5) is 13.2 Å².